The van der Waals surface area contributed by atoms with Crippen LogP contribution in [0.5, 0.6) is 0 Å². The molecule has 3 heterocycles. The van der Waals surface area contributed by atoms with Crippen LogP contribution in [0, 0.1) is 11.8 Å². The Labute approximate surface area is 155 Å². The Morgan fingerprint density at radius 2 is 2.08 bits per heavy atom. The van der Waals surface area contributed by atoms with Gasteiger partial charge >= 0.3 is 0 Å². The molecule has 0 aliphatic carbocycles. The second-order valence-electron chi connectivity index (χ2n) is 6.78. The summed E-state index contributed by atoms with van der Waals surface area (Å²) in [4.78, 5) is 26.9. The molecule has 2 amide bonds. The largest absolute Gasteiger partial charge is 0.335 e. The SMILES string of the molecule is O=C(CCC(=O)N1C[C@@H]2CNC[C@@H]2[C@H]1c1ccccc1)Nc1nncs1. The van der Waals surface area contributed by atoms with Crippen LogP contribution in [-0.4, -0.2) is 46.5 Å². The molecule has 3 atom stereocenters. The summed E-state index contributed by atoms with van der Waals surface area (Å²) in [5, 5.41) is 14.1. The van der Waals surface area contributed by atoms with Crippen molar-refractivity contribution < 1.29 is 9.59 Å². The quantitative estimate of drug-likeness (QED) is 0.835. The maximum Gasteiger partial charge on any atom is 0.226 e. The fraction of sp³-hybridized carbons (Fsp3) is 0.444. The predicted molar refractivity (Wildman–Crippen MR) is 98.5 cm³/mol. The third kappa shape index (κ3) is 3.47. The Bertz CT molecular complexity index is 767. The van der Waals surface area contributed by atoms with E-state index in [-0.39, 0.29) is 30.7 Å². The Morgan fingerprint density at radius 3 is 2.85 bits per heavy atom. The van der Waals surface area contributed by atoms with Crippen molar-refractivity contribution in [2.45, 2.75) is 18.9 Å². The summed E-state index contributed by atoms with van der Waals surface area (Å²) in [6.07, 6.45) is 0.366. The van der Waals surface area contributed by atoms with Crippen LogP contribution in [0.1, 0.15) is 24.4 Å². The van der Waals surface area contributed by atoms with E-state index >= 15 is 0 Å². The van der Waals surface area contributed by atoms with Crippen LogP contribution < -0.4 is 10.6 Å². The number of nitrogens with zero attached hydrogens (tertiary/aromatic N) is 3. The van der Waals surface area contributed by atoms with E-state index in [0.29, 0.717) is 17.0 Å². The third-order valence-corrected chi connectivity index (χ3v) is 5.81. The van der Waals surface area contributed by atoms with Gasteiger partial charge in [0, 0.05) is 38.4 Å². The van der Waals surface area contributed by atoms with Gasteiger partial charge in [-0.05, 0) is 11.5 Å². The number of amides is 2. The lowest BCUT2D eigenvalue weighted by molar-refractivity contribution is -0.134. The van der Waals surface area contributed by atoms with Crippen molar-refractivity contribution in [3.8, 4) is 0 Å². The Kier molecular flexibility index (Phi) is 4.94. The normalized spacial score (nSPS) is 24.5. The molecule has 2 fully saturated rings. The van der Waals surface area contributed by atoms with Crippen LogP contribution in [0.25, 0.3) is 0 Å². The number of anilines is 1. The minimum absolute atomic E-state index is 0.0423. The molecule has 8 heteroatoms. The second-order valence-corrected chi connectivity index (χ2v) is 7.61. The predicted octanol–water partition coefficient (Wildman–Crippen LogP) is 1.68. The van der Waals surface area contributed by atoms with Crippen molar-refractivity contribution >= 4 is 28.3 Å². The highest BCUT2D eigenvalue weighted by molar-refractivity contribution is 7.13. The number of carbonyl (C=O) groups is 2. The minimum Gasteiger partial charge on any atom is -0.335 e. The standard InChI is InChI=1S/C18H21N5O2S/c24-15(21-18-22-20-11-26-18)6-7-16(25)23-10-13-8-19-9-14(13)17(23)12-4-2-1-3-5-12/h1-5,11,13-14,17,19H,6-10H2,(H,21,22,24)/t13-,14-,17+/m0/s1. The number of hydrogen-bond acceptors (Lipinski definition) is 6. The third-order valence-electron chi connectivity index (χ3n) is 5.20. The van der Waals surface area contributed by atoms with E-state index in [1.165, 1.54) is 16.9 Å². The van der Waals surface area contributed by atoms with Crippen molar-refractivity contribution in [2.24, 2.45) is 11.8 Å². The molecule has 0 radical (unpaired) electrons. The van der Waals surface area contributed by atoms with Crippen molar-refractivity contribution in [3.63, 3.8) is 0 Å². The minimum atomic E-state index is -0.201. The number of hydrogen-bond donors (Lipinski definition) is 2. The monoisotopic (exact) mass is 371 g/mol. The van der Waals surface area contributed by atoms with E-state index in [1.54, 1.807) is 5.51 Å². The van der Waals surface area contributed by atoms with Crippen LogP contribution in [0.4, 0.5) is 5.13 Å². The Morgan fingerprint density at radius 1 is 1.23 bits per heavy atom. The zero-order chi connectivity index (χ0) is 17.9. The highest BCUT2D eigenvalue weighted by Gasteiger charge is 2.46. The number of rotatable bonds is 5. The molecule has 0 saturated carbocycles. The number of benzene rings is 1. The van der Waals surface area contributed by atoms with Gasteiger partial charge in [-0.2, -0.15) is 0 Å². The van der Waals surface area contributed by atoms with Gasteiger partial charge in [0.05, 0.1) is 6.04 Å². The van der Waals surface area contributed by atoms with Crippen molar-refractivity contribution in [2.75, 3.05) is 25.0 Å². The van der Waals surface area contributed by atoms with Gasteiger partial charge in [-0.25, -0.2) is 0 Å². The first-order chi connectivity index (χ1) is 12.7. The van der Waals surface area contributed by atoms with Crippen LogP contribution in [0.3, 0.4) is 0 Å². The highest BCUT2D eigenvalue weighted by Crippen LogP contribution is 2.42. The van der Waals surface area contributed by atoms with Crippen molar-refractivity contribution in [1.29, 1.82) is 0 Å². The fourth-order valence-electron chi connectivity index (χ4n) is 4.03. The molecule has 2 aliphatic rings. The highest BCUT2D eigenvalue weighted by atomic mass is 32.1. The van der Waals surface area contributed by atoms with Crippen LogP contribution in [0.2, 0.25) is 0 Å². The lowest BCUT2D eigenvalue weighted by atomic mass is 9.89. The summed E-state index contributed by atoms with van der Waals surface area (Å²) in [5.74, 6) is 0.768. The van der Waals surface area contributed by atoms with Gasteiger partial charge in [-0.15, -0.1) is 10.2 Å². The van der Waals surface area contributed by atoms with E-state index in [2.05, 4.69) is 33.0 Å². The van der Waals surface area contributed by atoms with E-state index in [9.17, 15) is 9.59 Å². The summed E-state index contributed by atoms with van der Waals surface area (Å²) in [7, 11) is 0. The molecular formula is C18H21N5O2S. The Balaban J connectivity index is 1.41. The molecule has 7 nitrogen and oxygen atoms in total. The smallest absolute Gasteiger partial charge is 0.226 e. The number of fused-ring (bicyclic) bond motifs is 1. The number of carbonyl (C=O) groups excluding carboxylic acids is 2. The first-order valence-corrected chi connectivity index (χ1v) is 9.71. The summed E-state index contributed by atoms with van der Waals surface area (Å²) in [6.45, 7) is 2.65. The van der Waals surface area contributed by atoms with Gasteiger partial charge in [0.15, 0.2) is 0 Å². The van der Waals surface area contributed by atoms with Crippen LogP contribution in [-0.2, 0) is 9.59 Å². The maximum atomic E-state index is 12.9. The molecule has 0 spiro atoms. The molecule has 2 saturated heterocycles. The van der Waals surface area contributed by atoms with Gasteiger partial charge in [-0.1, -0.05) is 41.7 Å². The number of nitrogens with one attached hydrogen (secondary N) is 2. The maximum absolute atomic E-state index is 12.9. The van der Waals surface area contributed by atoms with Crippen LogP contribution in [0.15, 0.2) is 35.8 Å². The summed E-state index contributed by atoms with van der Waals surface area (Å²) in [5.41, 5.74) is 2.73. The molecule has 1 aromatic carbocycles. The number of aromatic nitrogens is 2. The molecule has 26 heavy (non-hydrogen) atoms. The lowest BCUT2D eigenvalue weighted by Crippen LogP contribution is -2.35. The molecule has 0 bridgehead atoms. The summed E-state index contributed by atoms with van der Waals surface area (Å²) >= 11 is 1.26. The van der Waals surface area contributed by atoms with Crippen LogP contribution >= 0.6 is 11.3 Å². The topological polar surface area (TPSA) is 87.2 Å². The molecule has 4 rings (SSSR count). The molecule has 136 valence electrons. The average Bonchev–Trinajstić information content (AvgIpc) is 3.37. The van der Waals surface area contributed by atoms with E-state index in [4.69, 9.17) is 0 Å². The van der Waals surface area contributed by atoms with Gasteiger partial charge < -0.3 is 15.5 Å². The fourth-order valence-corrected chi connectivity index (χ4v) is 4.49. The van der Waals surface area contributed by atoms with Gasteiger partial charge in [0.1, 0.15) is 5.51 Å². The van der Waals surface area contributed by atoms with E-state index in [1.807, 2.05) is 23.1 Å². The zero-order valence-corrected chi connectivity index (χ0v) is 15.1. The van der Waals surface area contributed by atoms with Gasteiger partial charge in [0.2, 0.25) is 16.9 Å². The molecule has 0 unspecified atom stereocenters. The molecule has 2 aliphatic heterocycles. The van der Waals surface area contributed by atoms with E-state index < -0.39 is 0 Å². The number of likely N-dealkylation sites (tertiary alicyclic amines) is 1. The zero-order valence-electron chi connectivity index (χ0n) is 14.3. The Hall–Kier alpha value is -2.32. The summed E-state index contributed by atoms with van der Waals surface area (Å²) < 4.78 is 0. The lowest BCUT2D eigenvalue weighted by Gasteiger charge is -2.28. The molecular weight excluding hydrogens is 350 g/mol. The molecule has 2 N–H and O–H groups in total. The molecule has 2 aromatic rings. The molecule has 1 aromatic heterocycles. The first-order valence-electron chi connectivity index (χ1n) is 8.83. The van der Waals surface area contributed by atoms with Crippen molar-refractivity contribution in [1.82, 2.24) is 20.4 Å². The summed E-state index contributed by atoms with van der Waals surface area (Å²) in [6, 6.07) is 10.3. The van der Waals surface area contributed by atoms with Crippen molar-refractivity contribution in [3.05, 3.63) is 41.4 Å². The average molecular weight is 371 g/mol. The van der Waals surface area contributed by atoms with E-state index in [0.717, 1.165) is 19.6 Å². The first kappa shape index (κ1) is 17.1. The second kappa shape index (κ2) is 7.51. The van der Waals surface area contributed by atoms with Gasteiger partial charge in [-0.3, -0.25) is 9.59 Å². The van der Waals surface area contributed by atoms with Gasteiger partial charge in [0.25, 0.3) is 0 Å².